The summed E-state index contributed by atoms with van der Waals surface area (Å²) in [6.07, 6.45) is 0.622. The zero-order chi connectivity index (χ0) is 20.5. The monoisotopic (exact) mass is 413 g/mol. The van der Waals surface area contributed by atoms with Gasteiger partial charge in [0, 0.05) is 6.54 Å². The van der Waals surface area contributed by atoms with Crippen LogP contribution in [0, 0.1) is 5.82 Å². The largest absolute Gasteiger partial charge is 0.490 e. The highest BCUT2D eigenvalue weighted by molar-refractivity contribution is 6.32. The molecule has 0 bridgehead atoms. The van der Waals surface area contributed by atoms with E-state index in [2.05, 4.69) is 5.32 Å². The van der Waals surface area contributed by atoms with E-state index in [4.69, 9.17) is 21.1 Å². The summed E-state index contributed by atoms with van der Waals surface area (Å²) in [5, 5.41) is 3.84. The van der Waals surface area contributed by atoms with Crippen molar-refractivity contribution in [2.75, 3.05) is 13.2 Å². The van der Waals surface area contributed by atoms with Gasteiger partial charge < -0.3 is 14.8 Å². The van der Waals surface area contributed by atoms with Gasteiger partial charge in [-0.3, -0.25) is 0 Å². The van der Waals surface area contributed by atoms with E-state index in [1.807, 2.05) is 55.5 Å². The van der Waals surface area contributed by atoms with Crippen molar-refractivity contribution >= 4 is 11.6 Å². The third-order valence-corrected chi connectivity index (χ3v) is 4.73. The van der Waals surface area contributed by atoms with Crippen LogP contribution in [0.4, 0.5) is 4.39 Å². The van der Waals surface area contributed by atoms with Crippen LogP contribution >= 0.6 is 11.6 Å². The summed E-state index contributed by atoms with van der Waals surface area (Å²) in [6.45, 7) is 4.12. The zero-order valence-corrected chi connectivity index (χ0v) is 17.2. The minimum atomic E-state index is -0.170. The number of rotatable bonds is 10. The molecular weight excluding hydrogens is 389 g/mol. The van der Waals surface area contributed by atoms with Crippen LogP contribution in [0.1, 0.15) is 23.6 Å². The van der Waals surface area contributed by atoms with Crippen LogP contribution < -0.4 is 14.8 Å². The third kappa shape index (κ3) is 6.21. The maximum Gasteiger partial charge on any atom is 0.180 e. The molecule has 1 N–H and O–H groups in total. The lowest BCUT2D eigenvalue weighted by Gasteiger charge is -2.16. The fourth-order valence-corrected chi connectivity index (χ4v) is 3.30. The molecular formula is C24H25ClFNO2. The SMILES string of the molecule is CCOc1cc(CNCCc2ccccc2F)cc(Cl)c1OCc1ccccc1. The lowest BCUT2D eigenvalue weighted by atomic mass is 10.1. The summed E-state index contributed by atoms with van der Waals surface area (Å²) < 4.78 is 25.4. The minimum absolute atomic E-state index is 0.170. The molecule has 0 unspecified atom stereocenters. The van der Waals surface area contributed by atoms with Gasteiger partial charge in [0.05, 0.1) is 11.6 Å². The molecule has 3 rings (SSSR count). The Kier molecular flexibility index (Phi) is 7.91. The molecule has 5 heteroatoms. The first-order chi connectivity index (χ1) is 14.2. The molecule has 0 saturated heterocycles. The standard InChI is InChI=1S/C24H25ClFNO2/c1-2-28-23-15-19(16-27-13-12-20-10-6-7-11-22(20)26)14-21(25)24(23)29-17-18-8-4-3-5-9-18/h3-11,14-15,27H,2,12-13,16-17H2,1H3. The molecule has 0 radical (unpaired) electrons. The van der Waals surface area contributed by atoms with Crippen molar-refractivity contribution in [3.05, 3.63) is 94.3 Å². The molecule has 0 saturated carbocycles. The van der Waals surface area contributed by atoms with Crippen LogP contribution in [0.5, 0.6) is 11.5 Å². The molecule has 0 aliphatic carbocycles. The van der Waals surface area contributed by atoms with Crippen LogP contribution in [0.15, 0.2) is 66.7 Å². The molecule has 3 aromatic carbocycles. The molecule has 29 heavy (non-hydrogen) atoms. The van der Waals surface area contributed by atoms with E-state index in [9.17, 15) is 4.39 Å². The van der Waals surface area contributed by atoms with Gasteiger partial charge in [0.15, 0.2) is 11.5 Å². The third-order valence-electron chi connectivity index (χ3n) is 4.45. The Morgan fingerprint density at radius 3 is 2.45 bits per heavy atom. The van der Waals surface area contributed by atoms with Gasteiger partial charge in [-0.1, -0.05) is 60.1 Å². The fourth-order valence-electron chi connectivity index (χ4n) is 3.01. The molecule has 3 aromatic rings. The highest BCUT2D eigenvalue weighted by atomic mass is 35.5. The van der Waals surface area contributed by atoms with E-state index >= 15 is 0 Å². The Balaban J connectivity index is 1.61. The molecule has 0 aliphatic rings. The molecule has 3 nitrogen and oxygen atoms in total. The van der Waals surface area contributed by atoms with Crippen molar-refractivity contribution in [3.63, 3.8) is 0 Å². The van der Waals surface area contributed by atoms with Gasteiger partial charge in [0.2, 0.25) is 0 Å². The van der Waals surface area contributed by atoms with Crippen molar-refractivity contribution in [3.8, 4) is 11.5 Å². The van der Waals surface area contributed by atoms with Crippen LogP contribution in [0.2, 0.25) is 5.02 Å². The number of nitrogens with one attached hydrogen (secondary N) is 1. The molecule has 0 heterocycles. The van der Waals surface area contributed by atoms with Crippen LogP contribution in [0.3, 0.4) is 0 Å². The first kappa shape index (κ1) is 21.2. The van der Waals surface area contributed by atoms with Gasteiger partial charge in [-0.25, -0.2) is 4.39 Å². The lowest BCUT2D eigenvalue weighted by molar-refractivity contribution is 0.269. The van der Waals surface area contributed by atoms with Gasteiger partial charge in [0.1, 0.15) is 12.4 Å². The van der Waals surface area contributed by atoms with Gasteiger partial charge >= 0.3 is 0 Å². The number of ether oxygens (including phenoxy) is 2. The van der Waals surface area contributed by atoms with E-state index in [1.54, 1.807) is 12.1 Å². The maximum atomic E-state index is 13.7. The summed E-state index contributed by atoms with van der Waals surface area (Å²) >= 11 is 6.48. The Morgan fingerprint density at radius 2 is 1.69 bits per heavy atom. The first-order valence-electron chi connectivity index (χ1n) is 9.73. The van der Waals surface area contributed by atoms with Crippen molar-refractivity contribution in [2.24, 2.45) is 0 Å². The quantitative estimate of drug-likeness (QED) is 0.427. The van der Waals surface area contributed by atoms with Crippen molar-refractivity contribution in [1.82, 2.24) is 5.32 Å². The normalized spacial score (nSPS) is 10.7. The Bertz CT molecular complexity index is 918. The van der Waals surface area contributed by atoms with E-state index in [1.165, 1.54) is 6.07 Å². The Labute approximate surface area is 176 Å². The molecule has 0 amide bonds. The summed E-state index contributed by atoms with van der Waals surface area (Å²) in [5.74, 6) is 1.00. The number of benzene rings is 3. The number of hydrogen-bond donors (Lipinski definition) is 1. The predicted octanol–water partition coefficient (Wildman–Crippen LogP) is 5.79. The van der Waals surface area contributed by atoms with E-state index in [0.29, 0.717) is 54.8 Å². The van der Waals surface area contributed by atoms with Gasteiger partial charge in [-0.05, 0) is 54.8 Å². The van der Waals surface area contributed by atoms with Gasteiger partial charge in [0.25, 0.3) is 0 Å². The zero-order valence-electron chi connectivity index (χ0n) is 16.5. The van der Waals surface area contributed by atoms with E-state index < -0.39 is 0 Å². The minimum Gasteiger partial charge on any atom is -0.490 e. The molecule has 0 spiro atoms. The highest BCUT2D eigenvalue weighted by Crippen LogP contribution is 2.37. The smallest absolute Gasteiger partial charge is 0.180 e. The second-order valence-electron chi connectivity index (χ2n) is 6.63. The molecule has 0 aromatic heterocycles. The molecule has 0 aliphatic heterocycles. The second-order valence-corrected chi connectivity index (χ2v) is 7.04. The van der Waals surface area contributed by atoms with E-state index in [0.717, 1.165) is 11.1 Å². The van der Waals surface area contributed by atoms with Crippen LogP contribution in [0.25, 0.3) is 0 Å². The Morgan fingerprint density at radius 1 is 0.931 bits per heavy atom. The van der Waals surface area contributed by atoms with Crippen molar-refractivity contribution < 1.29 is 13.9 Å². The molecule has 152 valence electrons. The highest BCUT2D eigenvalue weighted by Gasteiger charge is 2.13. The number of halogens is 2. The maximum absolute atomic E-state index is 13.7. The summed E-state index contributed by atoms with van der Waals surface area (Å²) in [5.41, 5.74) is 2.75. The van der Waals surface area contributed by atoms with Crippen LogP contribution in [-0.4, -0.2) is 13.2 Å². The van der Waals surface area contributed by atoms with Gasteiger partial charge in [-0.15, -0.1) is 0 Å². The van der Waals surface area contributed by atoms with E-state index in [-0.39, 0.29) is 5.82 Å². The average molecular weight is 414 g/mol. The predicted molar refractivity (Wildman–Crippen MR) is 115 cm³/mol. The first-order valence-corrected chi connectivity index (χ1v) is 10.1. The summed E-state index contributed by atoms with van der Waals surface area (Å²) in [6, 6.07) is 20.6. The molecule has 0 atom stereocenters. The Hall–Kier alpha value is -2.56. The van der Waals surface area contributed by atoms with Gasteiger partial charge in [-0.2, -0.15) is 0 Å². The summed E-state index contributed by atoms with van der Waals surface area (Å²) in [4.78, 5) is 0. The second kappa shape index (κ2) is 10.8. The number of hydrogen-bond acceptors (Lipinski definition) is 3. The van der Waals surface area contributed by atoms with Crippen molar-refractivity contribution in [2.45, 2.75) is 26.5 Å². The topological polar surface area (TPSA) is 30.5 Å². The van der Waals surface area contributed by atoms with Crippen molar-refractivity contribution in [1.29, 1.82) is 0 Å². The molecule has 0 fully saturated rings. The average Bonchev–Trinajstić information content (AvgIpc) is 2.73. The summed E-state index contributed by atoms with van der Waals surface area (Å²) in [7, 11) is 0. The van der Waals surface area contributed by atoms with Crippen LogP contribution in [-0.2, 0) is 19.6 Å². The lowest BCUT2D eigenvalue weighted by Crippen LogP contribution is -2.17. The fraction of sp³-hybridized carbons (Fsp3) is 0.250.